The second-order valence-corrected chi connectivity index (χ2v) is 7.04. The molecule has 0 atom stereocenters. The number of hydrogen-bond donors (Lipinski definition) is 0. The van der Waals surface area contributed by atoms with E-state index in [1.54, 1.807) is 6.92 Å². The Morgan fingerprint density at radius 3 is 2.26 bits per heavy atom. The molecule has 0 spiro atoms. The van der Waals surface area contributed by atoms with Crippen molar-refractivity contribution in [3.05, 3.63) is 46.2 Å². The van der Waals surface area contributed by atoms with E-state index in [1.165, 1.54) is 16.7 Å². The molecule has 0 heterocycles. The Kier molecular flexibility index (Phi) is 7.41. The molecule has 0 aliphatic rings. The topological polar surface area (TPSA) is 29.4 Å². The molecule has 126 valence electrons. The molecule has 0 aliphatic carbocycles. The van der Waals surface area contributed by atoms with E-state index < -0.39 is 0 Å². The maximum Gasteiger partial charge on any atom is 0.157 e. The summed E-state index contributed by atoms with van der Waals surface area (Å²) in [5.74, 6) is 0.797. The minimum Gasteiger partial charge on any atom is -0.295 e. The van der Waals surface area contributed by atoms with Gasteiger partial charge in [0.25, 0.3) is 0 Å². The van der Waals surface area contributed by atoms with Gasteiger partial charge < -0.3 is 0 Å². The quantitative estimate of drug-likeness (QED) is 0.485. The van der Waals surface area contributed by atoms with E-state index in [0.29, 0.717) is 5.92 Å². The van der Waals surface area contributed by atoms with Gasteiger partial charge in [0, 0.05) is 17.0 Å². The Hall–Kier alpha value is -1.70. The fourth-order valence-corrected chi connectivity index (χ4v) is 2.87. The third-order valence-electron chi connectivity index (χ3n) is 3.95. The van der Waals surface area contributed by atoms with Crippen LogP contribution in [0.15, 0.2) is 34.5 Å². The molecular weight excluding hydrogens is 282 g/mol. The first-order valence-corrected chi connectivity index (χ1v) is 8.51. The first-order valence-electron chi connectivity index (χ1n) is 8.51. The molecule has 0 N–H and O–H groups in total. The fourth-order valence-electron chi connectivity index (χ4n) is 2.87. The third kappa shape index (κ3) is 6.52. The van der Waals surface area contributed by atoms with Crippen molar-refractivity contribution in [2.75, 3.05) is 0 Å². The minimum atomic E-state index is 0.126. The normalized spacial score (nSPS) is 12.2. The Balaban J connectivity index is 2.89. The van der Waals surface area contributed by atoms with Gasteiger partial charge in [0.15, 0.2) is 5.78 Å². The van der Waals surface area contributed by atoms with E-state index in [0.717, 1.165) is 36.2 Å². The highest BCUT2D eigenvalue weighted by Crippen LogP contribution is 2.19. The summed E-state index contributed by atoms with van der Waals surface area (Å²) >= 11 is 0. The van der Waals surface area contributed by atoms with Gasteiger partial charge >= 0.3 is 0 Å². The molecule has 0 aliphatic heterocycles. The van der Waals surface area contributed by atoms with E-state index in [9.17, 15) is 4.79 Å². The molecule has 0 saturated heterocycles. The van der Waals surface area contributed by atoms with Crippen LogP contribution < -0.4 is 0 Å². The average Bonchev–Trinajstić information content (AvgIpc) is 2.40. The van der Waals surface area contributed by atoms with Crippen molar-refractivity contribution in [3.63, 3.8) is 0 Å². The predicted octanol–water partition coefficient (Wildman–Crippen LogP) is 5.47. The van der Waals surface area contributed by atoms with E-state index in [-0.39, 0.29) is 5.78 Å². The molecule has 2 nitrogen and oxygen atoms in total. The van der Waals surface area contributed by atoms with Gasteiger partial charge in [0.1, 0.15) is 0 Å². The predicted molar refractivity (Wildman–Crippen MR) is 100 cm³/mol. The number of allylic oxidation sites excluding steroid dienone is 2. The first kappa shape index (κ1) is 19.3. The summed E-state index contributed by atoms with van der Waals surface area (Å²) in [6.07, 6.45) is 2.75. The molecule has 0 radical (unpaired) electrons. The largest absolute Gasteiger partial charge is 0.295 e. The maximum absolute atomic E-state index is 11.9. The number of nitrogens with zero attached hydrogens (tertiary/aromatic N) is 1. The standard InChI is InChI=1S/C21H31NO/c1-14(2)12-20-10-8-19(13-16(20)5)9-11-21(18(7)23)17(6)22-15(3)4/h8,10,13-14H,9,11-12H2,1-7H3/b21-17+. The average molecular weight is 313 g/mol. The lowest BCUT2D eigenvalue weighted by Gasteiger charge is -2.12. The fraction of sp³-hybridized carbons (Fsp3) is 0.524. The van der Waals surface area contributed by atoms with Crippen molar-refractivity contribution in [3.8, 4) is 0 Å². The van der Waals surface area contributed by atoms with Crippen molar-refractivity contribution in [2.24, 2.45) is 10.9 Å². The summed E-state index contributed by atoms with van der Waals surface area (Å²) in [5, 5.41) is 0. The third-order valence-corrected chi connectivity index (χ3v) is 3.95. The molecule has 0 bridgehead atoms. The van der Waals surface area contributed by atoms with Gasteiger partial charge in [0.05, 0.1) is 0 Å². The van der Waals surface area contributed by atoms with E-state index in [2.05, 4.69) is 44.0 Å². The lowest BCUT2D eigenvalue weighted by Crippen LogP contribution is -2.03. The van der Waals surface area contributed by atoms with Crippen molar-refractivity contribution in [2.45, 2.75) is 67.7 Å². The van der Waals surface area contributed by atoms with Crippen LogP contribution in [-0.4, -0.2) is 11.5 Å². The Bertz CT molecular complexity index is 617. The number of benzene rings is 1. The van der Waals surface area contributed by atoms with Gasteiger partial charge in [-0.3, -0.25) is 9.79 Å². The summed E-state index contributed by atoms with van der Waals surface area (Å²) in [4.78, 5) is 16.4. The molecular formula is C21H31NO. The van der Waals surface area contributed by atoms with Crippen LogP contribution in [0.2, 0.25) is 0 Å². The second kappa shape index (κ2) is 8.81. The molecule has 23 heavy (non-hydrogen) atoms. The maximum atomic E-state index is 11.9. The van der Waals surface area contributed by atoms with Crippen LogP contribution in [-0.2, 0) is 17.6 Å². The molecule has 0 aromatic heterocycles. The van der Waals surface area contributed by atoms with Gasteiger partial charge in [-0.15, -0.1) is 0 Å². The van der Waals surface area contributed by atoms with E-state index in [4.69, 9.17) is 0 Å². The Morgan fingerprint density at radius 2 is 1.78 bits per heavy atom. The zero-order chi connectivity index (χ0) is 17.6. The van der Waals surface area contributed by atoms with E-state index >= 15 is 0 Å². The lowest BCUT2D eigenvalue weighted by molar-refractivity contribution is -0.113. The van der Waals surface area contributed by atoms with Gasteiger partial charge in [-0.1, -0.05) is 32.0 Å². The number of aliphatic imine (C=N–C) groups is 1. The van der Waals surface area contributed by atoms with Crippen LogP contribution >= 0.6 is 0 Å². The number of ketones is 1. The molecule has 0 unspecified atom stereocenters. The van der Waals surface area contributed by atoms with Gasteiger partial charge in [-0.2, -0.15) is 0 Å². The Labute approximate surface area is 141 Å². The number of carbonyl (C=O) groups is 1. The van der Waals surface area contributed by atoms with Crippen molar-refractivity contribution >= 4 is 11.5 Å². The molecule has 1 aromatic carbocycles. The highest BCUT2D eigenvalue weighted by atomic mass is 16.1. The summed E-state index contributed by atoms with van der Waals surface area (Å²) in [6, 6.07) is 6.70. The van der Waals surface area contributed by atoms with Crippen molar-refractivity contribution in [1.82, 2.24) is 0 Å². The van der Waals surface area contributed by atoms with Gasteiger partial charge in [-0.05, 0) is 76.5 Å². The SMILES string of the molecule is CC(=O)/C(CCc1ccc(CC(C)C)c(C)c1)=C(\C)N=C(C)C. The Morgan fingerprint density at radius 1 is 1.13 bits per heavy atom. The van der Waals surface area contributed by atoms with Crippen LogP contribution in [0.25, 0.3) is 0 Å². The van der Waals surface area contributed by atoms with Gasteiger partial charge in [-0.25, -0.2) is 0 Å². The van der Waals surface area contributed by atoms with Crippen LogP contribution in [0, 0.1) is 12.8 Å². The summed E-state index contributed by atoms with van der Waals surface area (Å²) < 4.78 is 0. The first-order chi connectivity index (χ1) is 10.7. The van der Waals surface area contributed by atoms with Crippen LogP contribution in [0.4, 0.5) is 0 Å². The number of Topliss-reactive ketones (excluding diaryl/α,β-unsaturated/α-hetero) is 1. The highest BCUT2D eigenvalue weighted by Gasteiger charge is 2.10. The summed E-state index contributed by atoms with van der Waals surface area (Å²) in [5.41, 5.74) is 6.74. The molecule has 1 aromatic rings. The van der Waals surface area contributed by atoms with Gasteiger partial charge in [0.2, 0.25) is 0 Å². The number of carbonyl (C=O) groups excluding carboxylic acids is 1. The zero-order valence-corrected chi connectivity index (χ0v) is 15.8. The summed E-state index contributed by atoms with van der Waals surface area (Å²) in [6.45, 7) is 14.2. The summed E-state index contributed by atoms with van der Waals surface area (Å²) in [7, 11) is 0. The minimum absolute atomic E-state index is 0.126. The van der Waals surface area contributed by atoms with E-state index in [1.807, 2.05) is 20.8 Å². The smallest absolute Gasteiger partial charge is 0.157 e. The van der Waals surface area contributed by atoms with Crippen LogP contribution in [0.5, 0.6) is 0 Å². The van der Waals surface area contributed by atoms with Crippen LogP contribution in [0.1, 0.15) is 64.7 Å². The lowest BCUT2D eigenvalue weighted by atomic mass is 9.94. The monoisotopic (exact) mass is 313 g/mol. The molecule has 0 saturated carbocycles. The van der Waals surface area contributed by atoms with Crippen LogP contribution in [0.3, 0.4) is 0 Å². The molecule has 0 fully saturated rings. The highest BCUT2D eigenvalue weighted by molar-refractivity contribution is 5.94. The molecule has 1 rings (SSSR count). The van der Waals surface area contributed by atoms with Crippen molar-refractivity contribution in [1.29, 1.82) is 0 Å². The second-order valence-electron chi connectivity index (χ2n) is 7.04. The number of aryl methyl sites for hydroxylation is 2. The molecule has 2 heteroatoms. The number of rotatable bonds is 7. The number of hydrogen-bond acceptors (Lipinski definition) is 2. The molecule has 0 amide bonds. The zero-order valence-electron chi connectivity index (χ0n) is 15.8. The van der Waals surface area contributed by atoms with Crippen molar-refractivity contribution < 1.29 is 4.79 Å².